The number of fused-ring (bicyclic) bond motifs is 1. The van der Waals surface area contributed by atoms with Crippen molar-refractivity contribution in [3.8, 4) is 11.5 Å². The highest BCUT2D eigenvalue weighted by atomic mass is 16.5. The SMILES string of the molecule is COc1ccc(Cc2[nH]nc3ccc(C(=O)N4CC[C@@H](O)C4)cc23)cc1OC. The van der Waals surface area contributed by atoms with Crippen LogP contribution in [0.15, 0.2) is 36.4 Å². The summed E-state index contributed by atoms with van der Waals surface area (Å²) >= 11 is 0. The van der Waals surface area contributed by atoms with Crippen molar-refractivity contribution < 1.29 is 19.4 Å². The second-order valence-electron chi connectivity index (χ2n) is 6.99. The van der Waals surface area contributed by atoms with Gasteiger partial charge >= 0.3 is 0 Å². The fourth-order valence-corrected chi connectivity index (χ4v) is 3.63. The summed E-state index contributed by atoms with van der Waals surface area (Å²) in [5.74, 6) is 1.30. The molecule has 4 rings (SSSR count). The molecule has 2 heterocycles. The molecule has 1 fully saturated rings. The highest BCUT2D eigenvalue weighted by Crippen LogP contribution is 2.29. The standard InChI is InChI=1S/C21H23N3O4/c1-27-19-6-3-13(10-20(19)28-2)9-18-16-11-14(4-5-17(16)22-23-18)21(26)24-8-7-15(25)12-24/h3-6,10-11,15,25H,7-9,12H2,1-2H3,(H,22,23)/t15-/m1/s1. The maximum Gasteiger partial charge on any atom is 0.253 e. The van der Waals surface area contributed by atoms with Gasteiger partial charge in [-0.25, -0.2) is 0 Å². The number of aliphatic hydroxyl groups excluding tert-OH is 1. The van der Waals surface area contributed by atoms with E-state index in [0.29, 0.717) is 43.0 Å². The van der Waals surface area contributed by atoms with Crippen molar-refractivity contribution in [2.45, 2.75) is 18.9 Å². The Labute approximate surface area is 162 Å². The van der Waals surface area contributed by atoms with Crippen molar-refractivity contribution in [1.82, 2.24) is 15.1 Å². The van der Waals surface area contributed by atoms with Gasteiger partial charge in [0.25, 0.3) is 5.91 Å². The number of rotatable bonds is 5. The van der Waals surface area contributed by atoms with Gasteiger partial charge in [-0.15, -0.1) is 0 Å². The molecule has 0 saturated carbocycles. The highest BCUT2D eigenvalue weighted by molar-refractivity contribution is 5.98. The van der Waals surface area contributed by atoms with Gasteiger partial charge in [0, 0.05) is 36.2 Å². The maximum atomic E-state index is 12.7. The lowest BCUT2D eigenvalue weighted by Gasteiger charge is -2.15. The Balaban J connectivity index is 1.62. The minimum atomic E-state index is -0.429. The summed E-state index contributed by atoms with van der Waals surface area (Å²) in [6.45, 7) is 0.975. The number of aliphatic hydroxyl groups is 1. The third kappa shape index (κ3) is 3.41. The summed E-state index contributed by atoms with van der Waals surface area (Å²) in [5.41, 5.74) is 3.39. The number of amides is 1. The lowest BCUT2D eigenvalue weighted by Crippen LogP contribution is -2.29. The molecule has 1 aromatic heterocycles. The molecule has 0 bridgehead atoms. The maximum absolute atomic E-state index is 12.7. The number of benzene rings is 2. The van der Waals surface area contributed by atoms with E-state index in [4.69, 9.17) is 9.47 Å². The Bertz CT molecular complexity index is 1010. The van der Waals surface area contributed by atoms with Crippen molar-refractivity contribution in [1.29, 1.82) is 0 Å². The average Bonchev–Trinajstić information content (AvgIpc) is 3.33. The van der Waals surface area contributed by atoms with E-state index >= 15 is 0 Å². The molecule has 28 heavy (non-hydrogen) atoms. The Morgan fingerprint density at radius 3 is 2.75 bits per heavy atom. The molecular weight excluding hydrogens is 358 g/mol. The van der Waals surface area contributed by atoms with Crippen LogP contribution in [0, 0.1) is 0 Å². The van der Waals surface area contributed by atoms with Gasteiger partial charge in [-0.3, -0.25) is 9.89 Å². The molecule has 1 aliphatic heterocycles. The van der Waals surface area contributed by atoms with E-state index in [9.17, 15) is 9.90 Å². The van der Waals surface area contributed by atoms with Crippen molar-refractivity contribution in [2.75, 3.05) is 27.3 Å². The molecule has 0 unspecified atom stereocenters. The largest absolute Gasteiger partial charge is 0.493 e. The summed E-state index contributed by atoms with van der Waals surface area (Å²) < 4.78 is 10.7. The summed E-state index contributed by atoms with van der Waals surface area (Å²) in [4.78, 5) is 14.4. The van der Waals surface area contributed by atoms with E-state index in [2.05, 4.69) is 10.2 Å². The van der Waals surface area contributed by atoms with Crippen LogP contribution in [-0.4, -0.2) is 59.5 Å². The van der Waals surface area contributed by atoms with Crippen LogP contribution in [0.4, 0.5) is 0 Å². The monoisotopic (exact) mass is 381 g/mol. The lowest BCUT2D eigenvalue weighted by molar-refractivity contribution is 0.0765. The molecule has 2 aromatic carbocycles. The zero-order valence-electron chi connectivity index (χ0n) is 15.9. The molecule has 146 valence electrons. The molecule has 1 atom stereocenters. The van der Waals surface area contributed by atoms with Crippen LogP contribution in [0.5, 0.6) is 11.5 Å². The van der Waals surface area contributed by atoms with E-state index < -0.39 is 6.10 Å². The van der Waals surface area contributed by atoms with Gasteiger partial charge in [0.05, 0.1) is 25.8 Å². The van der Waals surface area contributed by atoms with E-state index in [1.807, 2.05) is 30.3 Å². The number of nitrogens with zero attached hydrogens (tertiary/aromatic N) is 2. The van der Waals surface area contributed by atoms with Gasteiger partial charge in [-0.1, -0.05) is 6.07 Å². The number of ether oxygens (including phenoxy) is 2. The topological polar surface area (TPSA) is 87.7 Å². The summed E-state index contributed by atoms with van der Waals surface area (Å²) in [5, 5.41) is 18.1. The molecule has 7 nitrogen and oxygen atoms in total. The molecule has 1 saturated heterocycles. The molecule has 2 N–H and O–H groups in total. The predicted octanol–water partition coefficient (Wildman–Crippen LogP) is 2.38. The molecule has 3 aromatic rings. The first-order valence-corrected chi connectivity index (χ1v) is 9.24. The Hall–Kier alpha value is -3.06. The summed E-state index contributed by atoms with van der Waals surface area (Å²) in [7, 11) is 3.22. The normalized spacial score (nSPS) is 16.5. The van der Waals surface area contributed by atoms with Crippen LogP contribution < -0.4 is 9.47 Å². The third-order valence-corrected chi connectivity index (χ3v) is 5.16. The third-order valence-electron chi connectivity index (χ3n) is 5.16. The Morgan fingerprint density at radius 1 is 1.21 bits per heavy atom. The predicted molar refractivity (Wildman–Crippen MR) is 105 cm³/mol. The molecular formula is C21H23N3O4. The van der Waals surface area contributed by atoms with Crippen LogP contribution in [0.2, 0.25) is 0 Å². The first-order valence-electron chi connectivity index (χ1n) is 9.24. The van der Waals surface area contributed by atoms with Crippen molar-refractivity contribution >= 4 is 16.8 Å². The van der Waals surface area contributed by atoms with Crippen LogP contribution in [0.3, 0.4) is 0 Å². The fourth-order valence-electron chi connectivity index (χ4n) is 3.63. The van der Waals surface area contributed by atoms with Gasteiger partial charge in [0.2, 0.25) is 0 Å². The van der Waals surface area contributed by atoms with Gasteiger partial charge in [0.1, 0.15) is 0 Å². The minimum absolute atomic E-state index is 0.0586. The van der Waals surface area contributed by atoms with E-state index in [1.165, 1.54) is 0 Å². The van der Waals surface area contributed by atoms with Gasteiger partial charge < -0.3 is 19.5 Å². The zero-order valence-corrected chi connectivity index (χ0v) is 15.9. The summed E-state index contributed by atoms with van der Waals surface area (Å²) in [6, 6.07) is 11.3. The van der Waals surface area contributed by atoms with Gasteiger partial charge in [0.15, 0.2) is 11.5 Å². The molecule has 1 aliphatic rings. The Kier molecular flexibility index (Phi) is 4.92. The van der Waals surface area contributed by atoms with E-state index in [1.54, 1.807) is 25.2 Å². The molecule has 0 spiro atoms. The number of β-amino-alcohol motifs (C(OH)–C–C–N with tert-alkyl or cyclic N) is 1. The molecule has 1 amide bonds. The lowest BCUT2D eigenvalue weighted by atomic mass is 10.0. The van der Waals surface area contributed by atoms with E-state index in [0.717, 1.165) is 22.2 Å². The highest BCUT2D eigenvalue weighted by Gasteiger charge is 2.25. The minimum Gasteiger partial charge on any atom is -0.493 e. The van der Waals surface area contributed by atoms with Crippen LogP contribution in [-0.2, 0) is 6.42 Å². The first-order chi connectivity index (χ1) is 13.6. The number of carbonyl (C=O) groups excluding carboxylic acids is 1. The number of likely N-dealkylation sites (tertiary alicyclic amines) is 1. The average molecular weight is 381 g/mol. The second kappa shape index (κ2) is 7.52. The number of nitrogens with one attached hydrogen (secondary N) is 1. The quantitative estimate of drug-likeness (QED) is 0.709. The molecule has 0 aliphatic carbocycles. The van der Waals surface area contributed by atoms with Crippen molar-refractivity contribution in [3.63, 3.8) is 0 Å². The number of H-pyrrole nitrogens is 1. The number of aromatic nitrogens is 2. The van der Waals surface area contributed by atoms with Crippen LogP contribution >= 0.6 is 0 Å². The number of hydrogen-bond donors (Lipinski definition) is 2. The number of carbonyl (C=O) groups is 1. The zero-order chi connectivity index (χ0) is 19.7. The number of hydrogen-bond acceptors (Lipinski definition) is 5. The smallest absolute Gasteiger partial charge is 0.253 e. The second-order valence-corrected chi connectivity index (χ2v) is 6.99. The Morgan fingerprint density at radius 2 is 2.04 bits per heavy atom. The van der Waals surface area contributed by atoms with Crippen molar-refractivity contribution in [2.24, 2.45) is 0 Å². The summed E-state index contributed by atoms with van der Waals surface area (Å²) in [6.07, 6.45) is 0.823. The fraction of sp³-hybridized carbons (Fsp3) is 0.333. The van der Waals surface area contributed by atoms with Gasteiger partial charge in [-0.05, 0) is 42.3 Å². The van der Waals surface area contributed by atoms with Gasteiger partial charge in [-0.2, -0.15) is 5.10 Å². The van der Waals surface area contributed by atoms with Crippen molar-refractivity contribution in [3.05, 3.63) is 53.2 Å². The number of methoxy groups -OCH3 is 2. The first kappa shape index (κ1) is 18.3. The molecule has 7 heteroatoms. The van der Waals surface area contributed by atoms with E-state index in [-0.39, 0.29) is 5.91 Å². The van der Waals surface area contributed by atoms with Crippen LogP contribution in [0.25, 0.3) is 10.9 Å². The van der Waals surface area contributed by atoms with Crippen LogP contribution in [0.1, 0.15) is 28.0 Å². The molecule has 0 radical (unpaired) electrons. The number of aromatic amines is 1.